The van der Waals surface area contributed by atoms with Gasteiger partial charge in [-0.1, -0.05) is 26.0 Å². The van der Waals surface area contributed by atoms with E-state index in [9.17, 15) is 9.13 Å². The van der Waals surface area contributed by atoms with E-state index in [2.05, 4.69) is 15.4 Å². The number of hydrogen-bond donors (Lipinski definition) is 3. The molecule has 0 saturated carbocycles. The van der Waals surface area contributed by atoms with Crippen molar-refractivity contribution in [2.24, 2.45) is 5.92 Å². The Labute approximate surface area is 93.9 Å². The van der Waals surface area contributed by atoms with Crippen LogP contribution in [0.1, 0.15) is 20.3 Å². The summed E-state index contributed by atoms with van der Waals surface area (Å²) < 4.78 is 29.2. The molecule has 96 valence electrons. The van der Waals surface area contributed by atoms with Crippen LogP contribution in [0.2, 0.25) is 0 Å². The SMILES string of the molecule is C=C(CCOP(=O)(O)OP(=O)(O)O)C(C)C. The fourth-order valence-corrected chi connectivity index (χ4v) is 2.32. The zero-order chi connectivity index (χ0) is 13.0. The van der Waals surface area contributed by atoms with E-state index < -0.39 is 15.6 Å². The first-order chi connectivity index (χ1) is 7.03. The summed E-state index contributed by atoms with van der Waals surface area (Å²) in [6, 6.07) is 0. The van der Waals surface area contributed by atoms with Gasteiger partial charge in [-0.3, -0.25) is 4.52 Å². The summed E-state index contributed by atoms with van der Waals surface area (Å²) in [6.07, 6.45) is 0.312. The predicted octanol–water partition coefficient (Wildman–Crippen LogP) is 1.81. The Morgan fingerprint density at radius 3 is 2.19 bits per heavy atom. The highest BCUT2D eigenvalue weighted by atomic mass is 31.3. The fraction of sp³-hybridized carbons (Fsp3) is 0.714. The summed E-state index contributed by atoms with van der Waals surface area (Å²) in [7, 11) is -9.74. The Morgan fingerprint density at radius 2 is 1.81 bits per heavy atom. The first kappa shape index (κ1) is 16.0. The van der Waals surface area contributed by atoms with Crippen molar-refractivity contribution in [3.63, 3.8) is 0 Å². The average Bonchev–Trinajstić information content (AvgIpc) is 1.98. The van der Waals surface area contributed by atoms with Gasteiger partial charge in [-0.2, -0.15) is 4.31 Å². The minimum Gasteiger partial charge on any atom is -0.302 e. The van der Waals surface area contributed by atoms with E-state index >= 15 is 0 Å². The molecule has 3 N–H and O–H groups in total. The molecule has 0 radical (unpaired) electrons. The lowest BCUT2D eigenvalue weighted by molar-refractivity contribution is 0.179. The molecule has 0 aromatic carbocycles. The van der Waals surface area contributed by atoms with Crippen molar-refractivity contribution in [1.29, 1.82) is 0 Å². The van der Waals surface area contributed by atoms with Gasteiger partial charge in [-0.05, 0) is 12.3 Å². The fourth-order valence-electron chi connectivity index (χ4n) is 0.739. The summed E-state index contributed by atoms with van der Waals surface area (Å²) in [5.41, 5.74) is 0.802. The van der Waals surface area contributed by atoms with Gasteiger partial charge in [-0.25, -0.2) is 9.13 Å². The summed E-state index contributed by atoms with van der Waals surface area (Å²) >= 11 is 0. The van der Waals surface area contributed by atoms with Gasteiger partial charge in [0.25, 0.3) is 0 Å². The molecular formula is C7H16O7P2. The van der Waals surface area contributed by atoms with E-state index in [1.54, 1.807) is 0 Å². The molecule has 9 heteroatoms. The highest BCUT2D eigenvalue weighted by molar-refractivity contribution is 7.60. The molecular weight excluding hydrogens is 258 g/mol. The third kappa shape index (κ3) is 8.19. The maximum Gasteiger partial charge on any atom is 0.481 e. The molecule has 0 saturated heterocycles. The van der Waals surface area contributed by atoms with Crippen LogP contribution in [0.3, 0.4) is 0 Å². The second-order valence-corrected chi connectivity index (χ2v) is 6.27. The van der Waals surface area contributed by atoms with Crippen molar-refractivity contribution >= 4 is 15.6 Å². The van der Waals surface area contributed by atoms with Crippen LogP contribution in [0.5, 0.6) is 0 Å². The van der Waals surface area contributed by atoms with Crippen LogP contribution in [-0.2, 0) is 18.0 Å². The van der Waals surface area contributed by atoms with Gasteiger partial charge in [0.15, 0.2) is 0 Å². The standard InChI is InChI=1S/C7H16O7P2/c1-6(2)7(3)4-5-13-16(11,12)14-15(8,9)10/h6H,3-5H2,1-2H3,(H,11,12)(H2,8,9,10). The Balaban J connectivity index is 4.07. The lowest BCUT2D eigenvalue weighted by atomic mass is 10.0. The molecule has 0 aliphatic rings. The molecule has 0 bridgehead atoms. The Bertz CT molecular complexity index is 332. The lowest BCUT2D eigenvalue weighted by Gasteiger charge is -2.13. The molecule has 1 atom stereocenters. The Kier molecular flexibility index (Phi) is 6.07. The summed E-state index contributed by atoms with van der Waals surface area (Å²) in [4.78, 5) is 25.5. The van der Waals surface area contributed by atoms with Crippen molar-refractivity contribution in [3.8, 4) is 0 Å². The largest absolute Gasteiger partial charge is 0.481 e. The van der Waals surface area contributed by atoms with Crippen molar-refractivity contribution in [3.05, 3.63) is 12.2 Å². The van der Waals surface area contributed by atoms with Crippen LogP contribution in [0.4, 0.5) is 0 Å². The minimum atomic E-state index is -5.03. The van der Waals surface area contributed by atoms with Gasteiger partial charge < -0.3 is 14.7 Å². The van der Waals surface area contributed by atoms with Gasteiger partial charge in [0, 0.05) is 0 Å². The van der Waals surface area contributed by atoms with Gasteiger partial charge in [0.05, 0.1) is 6.61 Å². The van der Waals surface area contributed by atoms with Crippen LogP contribution >= 0.6 is 15.6 Å². The predicted molar refractivity (Wildman–Crippen MR) is 57.5 cm³/mol. The topological polar surface area (TPSA) is 113 Å². The highest BCUT2D eigenvalue weighted by Gasteiger charge is 2.32. The molecule has 0 rings (SSSR count). The van der Waals surface area contributed by atoms with Gasteiger partial charge >= 0.3 is 15.6 Å². The Hall–Kier alpha value is -0.0000000000000000416. The van der Waals surface area contributed by atoms with E-state index in [1.807, 2.05) is 13.8 Å². The summed E-state index contributed by atoms with van der Waals surface area (Å²) in [6.45, 7) is 7.30. The van der Waals surface area contributed by atoms with E-state index in [0.29, 0.717) is 6.42 Å². The molecule has 1 unspecified atom stereocenters. The van der Waals surface area contributed by atoms with Crippen LogP contribution in [0.25, 0.3) is 0 Å². The quantitative estimate of drug-likeness (QED) is 0.479. The minimum absolute atomic E-state index is 0.190. The molecule has 0 amide bonds. The maximum atomic E-state index is 11.0. The number of phosphoric acid groups is 2. The van der Waals surface area contributed by atoms with Crippen LogP contribution < -0.4 is 0 Å². The summed E-state index contributed by atoms with van der Waals surface area (Å²) in [5.74, 6) is 0.198. The molecule has 0 aliphatic heterocycles. The highest BCUT2D eigenvalue weighted by Crippen LogP contribution is 2.57. The zero-order valence-corrected chi connectivity index (χ0v) is 10.9. The monoisotopic (exact) mass is 274 g/mol. The van der Waals surface area contributed by atoms with Crippen molar-refractivity contribution in [1.82, 2.24) is 0 Å². The zero-order valence-electron chi connectivity index (χ0n) is 9.07. The summed E-state index contributed by atoms with van der Waals surface area (Å²) in [5, 5.41) is 0. The molecule has 7 nitrogen and oxygen atoms in total. The van der Waals surface area contributed by atoms with Crippen LogP contribution in [0, 0.1) is 5.92 Å². The molecule has 16 heavy (non-hydrogen) atoms. The molecule has 0 spiro atoms. The van der Waals surface area contributed by atoms with Gasteiger partial charge in [0.1, 0.15) is 0 Å². The van der Waals surface area contributed by atoms with Gasteiger partial charge in [0.2, 0.25) is 0 Å². The van der Waals surface area contributed by atoms with Gasteiger partial charge in [-0.15, -0.1) is 0 Å². The smallest absolute Gasteiger partial charge is 0.302 e. The molecule has 0 fully saturated rings. The van der Waals surface area contributed by atoms with E-state index in [-0.39, 0.29) is 12.5 Å². The number of hydrogen-bond acceptors (Lipinski definition) is 4. The maximum absolute atomic E-state index is 11.0. The van der Waals surface area contributed by atoms with E-state index in [1.165, 1.54) is 0 Å². The number of phosphoric ester groups is 1. The van der Waals surface area contributed by atoms with E-state index in [0.717, 1.165) is 5.57 Å². The Morgan fingerprint density at radius 1 is 1.31 bits per heavy atom. The third-order valence-electron chi connectivity index (χ3n) is 1.70. The number of rotatable bonds is 7. The van der Waals surface area contributed by atoms with Crippen molar-refractivity contribution in [2.45, 2.75) is 20.3 Å². The first-order valence-electron chi connectivity index (χ1n) is 4.45. The second kappa shape index (κ2) is 6.07. The molecule has 0 heterocycles. The van der Waals surface area contributed by atoms with Crippen molar-refractivity contribution < 1.29 is 32.6 Å². The van der Waals surface area contributed by atoms with Crippen LogP contribution in [-0.4, -0.2) is 21.3 Å². The normalized spacial score (nSPS) is 16.1. The molecule has 0 aliphatic carbocycles. The lowest BCUT2D eigenvalue weighted by Crippen LogP contribution is -2.00. The van der Waals surface area contributed by atoms with Crippen molar-refractivity contribution in [2.75, 3.05) is 6.61 Å². The molecule has 0 aromatic heterocycles. The van der Waals surface area contributed by atoms with Crippen LogP contribution in [0.15, 0.2) is 12.2 Å². The average molecular weight is 274 g/mol. The third-order valence-corrected chi connectivity index (χ3v) is 3.89. The molecule has 0 aromatic rings. The second-order valence-electron chi connectivity index (χ2n) is 3.44. The van der Waals surface area contributed by atoms with E-state index in [4.69, 9.17) is 14.7 Å². The first-order valence-corrected chi connectivity index (χ1v) is 7.48.